The Labute approximate surface area is 160 Å². The molecule has 0 aliphatic carbocycles. The van der Waals surface area contributed by atoms with Crippen molar-refractivity contribution in [1.82, 2.24) is 4.90 Å². The van der Waals surface area contributed by atoms with E-state index in [0.29, 0.717) is 35.3 Å². The number of para-hydroxylation sites is 1. The second-order valence-electron chi connectivity index (χ2n) is 6.90. The zero-order chi connectivity index (χ0) is 19.6. The molecular formula is C21H26N2O4. The molecule has 0 saturated carbocycles. The lowest BCUT2D eigenvalue weighted by Crippen LogP contribution is -2.44. The SMILES string of the molecule is COc1cc(C2Nc3ccccc3C(=O)N2CC(C)C)cc(OC)c1OC. The zero-order valence-electron chi connectivity index (χ0n) is 16.4. The number of nitrogens with one attached hydrogen (secondary N) is 1. The number of methoxy groups -OCH3 is 3. The summed E-state index contributed by atoms with van der Waals surface area (Å²) in [5, 5.41) is 3.49. The van der Waals surface area contributed by atoms with Crippen LogP contribution in [0.15, 0.2) is 36.4 Å². The molecule has 0 aromatic heterocycles. The molecule has 1 heterocycles. The van der Waals surface area contributed by atoms with Gasteiger partial charge in [0.15, 0.2) is 11.5 Å². The number of nitrogens with zero attached hydrogens (tertiary/aromatic N) is 1. The van der Waals surface area contributed by atoms with Crippen LogP contribution in [0, 0.1) is 5.92 Å². The van der Waals surface area contributed by atoms with Crippen LogP contribution in [-0.2, 0) is 0 Å². The number of hydrogen-bond donors (Lipinski definition) is 1. The first kappa shape index (κ1) is 18.9. The van der Waals surface area contributed by atoms with E-state index in [1.54, 1.807) is 21.3 Å². The molecular weight excluding hydrogens is 344 g/mol. The quantitative estimate of drug-likeness (QED) is 0.835. The van der Waals surface area contributed by atoms with Gasteiger partial charge in [-0.2, -0.15) is 0 Å². The number of hydrogen-bond acceptors (Lipinski definition) is 5. The highest BCUT2D eigenvalue weighted by atomic mass is 16.5. The predicted octanol–water partition coefficient (Wildman–Crippen LogP) is 3.93. The Balaban J connectivity index is 2.11. The molecule has 0 spiro atoms. The van der Waals surface area contributed by atoms with Gasteiger partial charge in [0.25, 0.3) is 5.91 Å². The minimum absolute atomic E-state index is 0.0109. The van der Waals surface area contributed by atoms with E-state index in [9.17, 15) is 4.79 Å². The number of benzene rings is 2. The van der Waals surface area contributed by atoms with Crippen LogP contribution in [0.25, 0.3) is 0 Å². The van der Waals surface area contributed by atoms with Gasteiger partial charge >= 0.3 is 0 Å². The Bertz CT molecular complexity index is 810. The monoisotopic (exact) mass is 370 g/mol. The third-order valence-electron chi connectivity index (χ3n) is 4.59. The van der Waals surface area contributed by atoms with Gasteiger partial charge in [0, 0.05) is 17.8 Å². The second-order valence-corrected chi connectivity index (χ2v) is 6.90. The van der Waals surface area contributed by atoms with Gasteiger partial charge in [-0.1, -0.05) is 26.0 Å². The summed E-state index contributed by atoms with van der Waals surface area (Å²) in [6, 6.07) is 11.3. The Kier molecular flexibility index (Phi) is 5.44. The van der Waals surface area contributed by atoms with Gasteiger partial charge in [-0.3, -0.25) is 4.79 Å². The van der Waals surface area contributed by atoms with E-state index in [-0.39, 0.29) is 12.1 Å². The molecule has 0 radical (unpaired) electrons. The van der Waals surface area contributed by atoms with Crippen molar-refractivity contribution in [3.8, 4) is 17.2 Å². The lowest BCUT2D eigenvalue weighted by molar-refractivity contribution is 0.0657. The fourth-order valence-electron chi connectivity index (χ4n) is 3.40. The van der Waals surface area contributed by atoms with Crippen LogP contribution < -0.4 is 19.5 Å². The molecule has 0 saturated heterocycles. The number of rotatable bonds is 6. The molecule has 1 aliphatic heterocycles. The van der Waals surface area contributed by atoms with Gasteiger partial charge in [-0.15, -0.1) is 0 Å². The van der Waals surface area contributed by atoms with Crippen molar-refractivity contribution in [2.45, 2.75) is 20.0 Å². The molecule has 1 unspecified atom stereocenters. The summed E-state index contributed by atoms with van der Waals surface area (Å²) < 4.78 is 16.4. The molecule has 144 valence electrons. The van der Waals surface area contributed by atoms with Crippen molar-refractivity contribution in [2.75, 3.05) is 33.2 Å². The number of fused-ring (bicyclic) bond motifs is 1. The Hall–Kier alpha value is -2.89. The Morgan fingerprint density at radius 2 is 1.67 bits per heavy atom. The van der Waals surface area contributed by atoms with Crippen LogP contribution in [0.5, 0.6) is 17.2 Å². The van der Waals surface area contributed by atoms with Crippen molar-refractivity contribution >= 4 is 11.6 Å². The fraction of sp³-hybridized carbons (Fsp3) is 0.381. The number of carbonyl (C=O) groups is 1. The summed E-state index contributed by atoms with van der Waals surface area (Å²) in [5.74, 6) is 1.98. The van der Waals surface area contributed by atoms with Crippen LogP contribution in [-0.4, -0.2) is 38.7 Å². The molecule has 3 rings (SSSR count). The largest absolute Gasteiger partial charge is 0.493 e. The number of carbonyl (C=O) groups excluding carboxylic acids is 1. The smallest absolute Gasteiger partial charge is 0.257 e. The first-order valence-electron chi connectivity index (χ1n) is 8.96. The second kappa shape index (κ2) is 7.78. The minimum atomic E-state index is -0.330. The summed E-state index contributed by atoms with van der Waals surface area (Å²) in [5.41, 5.74) is 2.37. The highest BCUT2D eigenvalue weighted by molar-refractivity contribution is 6.01. The highest BCUT2D eigenvalue weighted by Crippen LogP contribution is 2.42. The molecule has 27 heavy (non-hydrogen) atoms. The summed E-state index contributed by atoms with van der Waals surface area (Å²) in [6.45, 7) is 4.82. The molecule has 0 bridgehead atoms. The van der Waals surface area contributed by atoms with Crippen LogP contribution in [0.4, 0.5) is 5.69 Å². The van der Waals surface area contributed by atoms with Crippen LogP contribution in [0.1, 0.15) is 35.9 Å². The molecule has 1 N–H and O–H groups in total. The Morgan fingerprint density at radius 3 is 2.22 bits per heavy atom. The third-order valence-corrected chi connectivity index (χ3v) is 4.59. The van der Waals surface area contributed by atoms with Crippen LogP contribution in [0.2, 0.25) is 0 Å². The van der Waals surface area contributed by atoms with Crippen molar-refractivity contribution in [2.24, 2.45) is 5.92 Å². The Morgan fingerprint density at radius 1 is 1.04 bits per heavy atom. The number of amides is 1. The topological polar surface area (TPSA) is 60.0 Å². The lowest BCUT2D eigenvalue weighted by atomic mass is 10.0. The number of anilines is 1. The predicted molar refractivity (Wildman–Crippen MR) is 105 cm³/mol. The first-order chi connectivity index (χ1) is 13.0. The van der Waals surface area contributed by atoms with Crippen molar-refractivity contribution in [3.63, 3.8) is 0 Å². The fourth-order valence-corrected chi connectivity index (χ4v) is 3.40. The molecule has 1 atom stereocenters. The van der Waals surface area contributed by atoms with E-state index in [0.717, 1.165) is 11.3 Å². The lowest BCUT2D eigenvalue weighted by Gasteiger charge is -2.39. The molecule has 2 aromatic carbocycles. The van der Waals surface area contributed by atoms with Gasteiger partial charge in [-0.25, -0.2) is 0 Å². The summed E-state index contributed by atoms with van der Waals surface area (Å²) in [7, 11) is 4.74. The zero-order valence-corrected chi connectivity index (χ0v) is 16.4. The van der Waals surface area contributed by atoms with E-state index < -0.39 is 0 Å². The number of ether oxygens (including phenoxy) is 3. The maximum absolute atomic E-state index is 13.2. The third kappa shape index (κ3) is 3.52. The first-order valence-corrected chi connectivity index (χ1v) is 8.96. The van der Waals surface area contributed by atoms with E-state index in [1.807, 2.05) is 41.3 Å². The molecule has 2 aromatic rings. The summed E-state index contributed by atoms with van der Waals surface area (Å²) >= 11 is 0. The average molecular weight is 370 g/mol. The molecule has 6 nitrogen and oxygen atoms in total. The van der Waals surface area contributed by atoms with Crippen LogP contribution in [0.3, 0.4) is 0 Å². The molecule has 6 heteroatoms. The van der Waals surface area contributed by atoms with E-state index in [2.05, 4.69) is 19.2 Å². The average Bonchev–Trinajstić information content (AvgIpc) is 2.68. The minimum Gasteiger partial charge on any atom is -0.493 e. The van der Waals surface area contributed by atoms with E-state index >= 15 is 0 Å². The van der Waals surface area contributed by atoms with Crippen molar-refractivity contribution in [3.05, 3.63) is 47.5 Å². The highest BCUT2D eigenvalue weighted by Gasteiger charge is 2.34. The summed E-state index contributed by atoms with van der Waals surface area (Å²) in [4.78, 5) is 15.0. The van der Waals surface area contributed by atoms with E-state index in [1.165, 1.54) is 0 Å². The van der Waals surface area contributed by atoms with Crippen molar-refractivity contribution < 1.29 is 19.0 Å². The van der Waals surface area contributed by atoms with Gasteiger partial charge in [0.05, 0.1) is 26.9 Å². The maximum Gasteiger partial charge on any atom is 0.257 e. The summed E-state index contributed by atoms with van der Waals surface area (Å²) in [6.07, 6.45) is -0.330. The van der Waals surface area contributed by atoms with Gasteiger partial charge in [-0.05, 0) is 30.2 Å². The standard InChI is InChI=1S/C21H26N2O4/c1-13(2)12-23-20(22-16-9-7-6-8-15(16)21(23)24)14-10-17(25-3)19(27-5)18(11-14)26-4/h6-11,13,20,22H,12H2,1-5H3. The van der Waals surface area contributed by atoms with Gasteiger partial charge in [0.2, 0.25) is 5.75 Å². The van der Waals surface area contributed by atoms with Gasteiger partial charge < -0.3 is 24.4 Å². The van der Waals surface area contributed by atoms with E-state index in [4.69, 9.17) is 14.2 Å². The maximum atomic E-state index is 13.2. The van der Waals surface area contributed by atoms with Crippen molar-refractivity contribution in [1.29, 1.82) is 0 Å². The van der Waals surface area contributed by atoms with Crippen LogP contribution >= 0.6 is 0 Å². The normalized spacial score (nSPS) is 16.0. The molecule has 1 amide bonds. The van der Waals surface area contributed by atoms with Gasteiger partial charge in [0.1, 0.15) is 6.17 Å². The molecule has 1 aliphatic rings. The molecule has 0 fully saturated rings.